The number of hydrogen-bond donors (Lipinski definition) is 2. The maximum Gasteiger partial charge on any atom is 0.263 e. The van der Waals surface area contributed by atoms with Crippen molar-refractivity contribution in [1.82, 2.24) is 15.3 Å². The van der Waals surface area contributed by atoms with Crippen LogP contribution in [0.1, 0.15) is 30.6 Å². The third-order valence-electron chi connectivity index (χ3n) is 1.97. The molecule has 1 aromatic heterocycles. The first-order valence-corrected chi connectivity index (χ1v) is 4.92. The quantitative estimate of drug-likeness (QED) is 0.760. The highest BCUT2D eigenvalue weighted by molar-refractivity contribution is 5.93. The van der Waals surface area contributed by atoms with Gasteiger partial charge in [0.25, 0.3) is 11.5 Å². The van der Waals surface area contributed by atoms with E-state index in [9.17, 15) is 9.59 Å². The van der Waals surface area contributed by atoms with Gasteiger partial charge in [-0.3, -0.25) is 9.59 Å². The molecule has 82 valence electrons. The standard InChI is InChI=1S/C10H15N3O2/c1-7(2)3-4-12-9(14)8-5-11-6-13-10(8)15/h5-7H,3-4H2,1-2H3,(H,12,14)(H,11,13,15). The average Bonchev–Trinajstić information content (AvgIpc) is 2.17. The van der Waals surface area contributed by atoms with E-state index in [1.807, 2.05) is 0 Å². The molecule has 5 nitrogen and oxygen atoms in total. The molecule has 0 aliphatic heterocycles. The molecule has 1 amide bonds. The van der Waals surface area contributed by atoms with E-state index in [4.69, 9.17) is 0 Å². The largest absolute Gasteiger partial charge is 0.352 e. The minimum atomic E-state index is -0.410. The van der Waals surface area contributed by atoms with Gasteiger partial charge < -0.3 is 10.3 Å². The molecule has 0 unspecified atom stereocenters. The second kappa shape index (κ2) is 5.29. The zero-order chi connectivity index (χ0) is 11.3. The monoisotopic (exact) mass is 209 g/mol. The van der Waals surface area contributed by atoms with Gasteiger partial charge >= 0.3 is 0 Å². The summed E-state index contributed by atoms with van der Waals surface area (Å²) in [5.74, 6) is 0.155. The highest BCUT2D eigenvalue weighted by Gasteiger charge is 2.09. The summed E-state index contributed by atoms with van der Waals surface area (Å²) in [5.41, 5.74) is -0.353. The number of aromatic nitrogens is 2. The van der Waals surface area contributed by atoms with Crippen LogP contribution in [0.15, 0.2) is 17.3 Å². The van der Waals surface area contributed by atoms with E-state index in [-0.39, 0.29) is 11.5 Å². The van der Waals surface area contributed by atoms with Gasteiger partial charge in [0.2, 0.25) is 0 Å². The second-order valence-corrected chi connectivity index (χ2v) is 3.73. The van der Waals surface area contributed by atoms with Crippen molar-refractivity contribution in [3.8, 4) is 0 Å². The number of amides is 1. The molecule has 0 saturated carbocycles. The topological polar surface area (TPSA) is 74.8 Å². The molecule has 0 fully saturated rings. The molecule has 1 rings (SSSR count). The number of carbonyl (C=O) groups is 1. The molecule has 1 aromatic rings. The number of H-pyrrole nitrogens is 1. The summed E-state index contributed by atoms with van der Waals surface area (Å²) in [4.78, 5) is 28.7. The third kappa shape index (κ3) is 3.53. The minimum Gasteiger partial charge on any atom is -0.352 e. The van der Waals surface area contributed by atoms with Crippen molar-refractivity contribution < 1.29 is 4.79 Å². The Morgan fingerprint density at radius 2 is 2.33 bits per heavy atom. The molecule has 0 aromatic carbocycles. The number of rotatable bonds is 4. The van der Waals surface area contributed by atoms with E-state index in [0.29, 0.717) is 12.5 Å². The molecule has 15 heavy (non-hydrogen) atoms. The van der Waals surface area contributed by atoms with E-state index in [1.165, 1.54) is 12.5 Å². The first kappa shape index (κ1) is 11.4. The van der Waals surface area contributed by atoms with Crippen LogP contribution < -0.4 is 10.9 Å². The Balaban J connectivity index is 2.55. The molecule has 2 N–H and O–H groups in total. The highest BCUT2D eigenvalue weighted by atomic mass is 16.2. The molecule has 0 bridgehead atoms. The van der Waals surface area contributed by atoms with Crippen LogP contribution >= 0.6 is 0 Å². The van der Waals surface area contributed by atoms with Crippen LogP contribution in [0.25, 0.3) is 0 Å². The van der Waals surface area contributed by atoms with Crippen LogP contribution in [0.5, 0.6) is 0 Å². The van der Waals surface area contributed by atoms with Crippen molar-refractivity contribution in [1.29, 1.82) is 0 Å². The SMILES string of the molecule is CC(C)CCNC(=O)c1cnc[nH]c1=O. The summed E-state index contributed by atoms with van der Waals surface area (Å²) >= 11 is 0. The molecule has 5 heteroatoms. The summed E-state index contributed by atoms with van der Waals surface area (Å²) in [6.07, 6.45) is 3.42. The molecule has 1 heterocycles. The van der Waals surface area contributed by atoms with Gasteiger partial charge in [0.15, 0.2) is 0 Å². The zero-order valence-electron chi connectivity index (χ0n) is 8.91. The van der Waals surface area contributed by atoms with Crippen molar-refractivity contribution in [3.05, 3.63) is 28.4 Å². The Morgan fingerprint density at radius 3 is 2.93 bits per heavy atom. The highest BCUT2D eigenvalue weighted by Crippen LogP contribution is 1.96. The van der Waals surface area contributed by atoms with Crippen molar-refractivity contribution in [2.45, 2.75) is 20.3 Å². The van der Waals surface area contributed by atoms with Crippen LogP contribution in [0, 0.1) is 5.92 Å². The lowest BCUT2D eigenvalue weighted by Crippen LogP contribution is -2.30. The summed E-state index contributed by atoms with van der Waals surface area (Å²) in [6.45, 7) is 4.72. The molecule has 0 aliphatic rings. The number of aromatic amines is 1. The number of carbonyl (C=O) groups excluding carboxylic acids is 1. The Bertz CT molecular complexity index is 384. The molecule has 0 spiro atoms. The average molecular weight is 209 g/mol. The Hall–Kier alpha value is -1.65. The van der Waals surface area contributed by atoms with E-state index < -0.39 is 5.56 Å². The van der Waals surface area contributed by atoms with Crippen LogP contribution in [0.2, 0.25) is 0 Å². The van der Waals surface area contributed by atoms with Crippen molar-refractivity contribution in [2.75, 3.05) is 6.54 Å². The van der Waals surface area contributed by atoms with Crippen LogP contribution in [0.3, 0.4) is 0 Å². The lowest BCUT2D eigenvalue weighted by molar-refractivity contribution is 0.0950. The van der Waals surface area contributed by atoms with Gasteiger partial charge in [-0.05, 0) is 12.3 Å². The third-order valence-corrected chi connectivity index (χ3v) is 1.97. The number of nitrogens with zero attached hydrogens (tertiary/aromatic N) is 1. The van der Waals surface area contributed by atoms with Crippen LogP contribution in [-0.4, -0.2) is 22.4 Å². The predicted octanol–water partition coefficient (Wildman–Crippen LogP) is 0.546. The van der Waals surface area contributed by atoms with Gasteiger partial charge in [0.1, 0.15) is 5.56 Å². The first-order valence-electron chi connectivity index (χ1n) is 4.92. The minimum absolute atomic E-state index is 0.0567. The number of hydrogen-bond acceptors (Lipinski definition) is 3. The lowest BCUT2D eigenvalue weighted by Gasteiger charge is -2.05. The van der Waals surface area contributed by atoms with Crippen molar-refractivity contribution >= 4 is 5.91 Å². The summed E-state index contributed by atoms with van der Waals surface area (Å²) < 4.78 is 0. The normalized spacial score (nSPS) is 10.3. The summed E-state index contributed by atoms with van der Waals surface area (Å²) in [5, 5.41) is 2.67. The maximum atomic E-state index is 11.5. The van der Waals surface area contributed by atoms with E-state index in [1.54, 1.807) is 0 Å². The van der Waals surface area contributed by atoms with Crippen LogP contribution in [0.4, 0.5) is 0 Å². The molecular formula is C10H15N3O2. The summed E-state index contributed by atoms with van der Waals surface area (Å²) in [7, 11) is 0. The first-order chi connectivity index (χ1) is 7.11. The Kier molecular flexibility index (Phi) is 4.03. The van der Waals surface area contributed by atoms with Crippen LogP contribution in [-0.2, 0) is 0 Å². The van der Waals surface area contributed by atoms with E-state index >= 15 is 0 Å². The van der Waals surface area contributed by atoms with Gasteiger partial charge in [-0.15, -0.1) is 0 Å². The van der Waals surface area contributed by atoms with Gasteiger partial charge in [-0.1, -0.05) is 13.8 Å². The fourth-order valence-electron chi connectivity index (χ4n) is 1.08. The van der Waals surface area contributed by atoms with Crippen molar-refractivity contribution in [3.63, 3.8) is 0 Å². The Morgan fingerprint density at radius 1 is 1.60 bits per heavy atom. The van der Waals surface area contributed by atoms with Crippen molar-refractivity contribution in [2.24, 2.45) is 5.92 Å². The molecule has 0 aliphatic carbocycles. The van der Waals surface area contributed by atoms with Gasteiger partial charge in [-0.2, -0.15) is 0 Å². The van der Waals surface area contributed by atoms with Gasteiger partial charge in [0, 0.05) is 12.7 Å². The Labute approximate surface area is 87.9 Å². The molecule has 0 saturated heterocycles. The lowest BCUT2D eigenvalue weighted by atomic mass is 10.1. The zero-order valence-corrected chi connectivity index (χ0v) is 8.91. The number of nitrogens with one attached hydrogen (secondary N) is 2. The smallest absolute Gasteiger partial charge is 0.263 e. The molecule has 0 atom stereocenters. The van der Waals surface area contributed by atoms with Gasteiger partial charge in [-0.25, -0.2) is 4.98 Å². The fraction of sp³-hybridized carbons (Fsp3) is 0.500. The predicted molar refractivity (Wildman–Crippen MR) is 56.6 cm³/mol. The summed E-state index contributed by atoms with van der Waals surface area (Å²) in [6, 6.07) is 0. The second-order valence-electron chi connectivity index (χ2n) is 3.73. The molecule has 0 radical (unpaired) electrons. The maximum absolute atomic E-state index is 11.5. The van der Waals surface area contributed by atoms with E-state index in [0.717, 1.165) is 6.42 Å². The van der Waals surface area contributed by atoms with Gasteiger partial charge in [0.05, 0.1) is 6.33 Å². The van der Waals surface area contributed by atoms with E-state index in [2.05, 4.69) is 29.1 Å². The fourth-order valence-corrected chi connectivity index (χ4v) is 1.08. The molecular weight excluding hydrogens is 194 g/mol.